The molecular weight excluding hydrogens is 424 g/mol. The molecule has 0 aliphatic rings. The minimum Gasteiger partial charge on any atom is -0.307 e. The Morgan fingerprint density at radius 3 is 2.56 bits per heavy atom. The van der Waals surface area contributed by atoms with Gasteiger partial charge in [0.1, 0.15) is 11.5 Å². The number of pyridine rings is 2. The highest BCUT2D eigenvalue weighted by molar-refractivity contribution is 6.06. The van der Waals surface area contributed by atoms with E-state index in [1.165, 1.54) is 0 Å². The summed E-state index contributed by atoms with van der Waals surface area (Å²) in [4.78, 5) is 26.4. The van der Waals surface area contributed by atoms with Crippen molar-refractivity contribution in [3.8, 4) is 22.5 Å². The number of fused-ring (bicyclic) bond motifs is 2. The number of amides is 1. The van der Waals surface area contributed by atoms with Crippen molar-refractivity contribution in [2.24, 2.45) is 0 Å². The molecule has 6 rings (SSSR count). The van der Waals surface area contributed by atoms with Gasteiger partial charge in [-0.1, -0.05) is 36.4 Å². The number of benzene rings is 2. The highest BCUT2D eigenvalue weighted by atomic mass is 16.1. The highest BCUT2D eigenvalue weighted by Gasteiger charge is 2.18. The zero-order chi connectivity index (χ0) is 22.9. The van der Waals surface area contributed by atoms with Crippen LogP contribution in [-0.4, -0.2) is 30.5 Å². The lowest BCUT2D eigenvalue weighted by molar-refractivity contribution is 0.102. The Morgan fingerprint density at radius 2 is 1.65 bits per heavy atom. The van der Waals surface area contributed by atoms with Gasteiger partial charge < -0.3 is 5.32 Å². The van der Waals surface area contributed by atoms with E-state index in [0.717, 1.165) is 39.1 Å². The molecule has 0 aliphatic heterocycles. The van der Waals surface area contributed by atoms with E-state index in [-0.39, 0.29) is 5.91 Å². The van der Waals surface area contributed by atoms with Crippen molar-refractivity contribution in [3.05, 3.63) is 109 Å². The fourth-order valence-electron chi connectivity index (χ4n) is 4.00. The van der Waals surface area contributed by atoms with Gasteiger partial charge in [-0.2, -0.15) is 5.10 Å². The number of aromatic nitrogens is 5. The zero-order valence-corrected chi connectivity index (χ0v) is 18.0. The molecule has 1 amide bonds. The van der Waals surface area contributed by atoms with Crippen molar-refractivity contribution in [1.29, 1.82) is 0 Å². The van der Waals surface area contributed by atoms with Gasteiger partial charge in [-0.25, -0.2) is 14.5 Å². The van der Waals surface area contributed by atoms with Crippen LogP contribution in [0.3, 0.4) is 0 Å². The monoisotopic (exact) mass is 442 g/mol. The minimum atomic E-state index is -0.241. The molecule has 7 heteroatoms. The maximum Gasteiger partial charge on any atom is 0.256 e. The first-order valence-corrected chi connectivity index (χ1v) is 10.8. The van der Waals surface area contributed by atoms with Crippen LogP contribution in [0.5, 0.6) is 0 Å². The number of nitrogens with zero attached hydrogens (tertiary/aromatic N) is 5. The lowest BCUT2D eigenvalue weighted by atomic mass is 10.1. The van der Waals surface area contributed by atoms with E-state index in [2.05, 4.69) is 20.4 Å². The van der Waals surface area contributed by atoms with E-state index >= 15 is 0 Å². The van der Waals surface area contributed by atoms with Gasteiger partial charge in [0.05, 0.1) is 11.2 Å². The third-order valence-electron chi connectivity index (χ3n) is 5.58. The lowest BCUT2D eigenvalue weighted by Gasteiger charge is -2.09. The van der Waals surface area contributed by atoms with Crippen LogP contribution in [0.2, 0.25) is 0 Å². The zero-order valence-electron chi connectivity index (χ0n) is 18.0. The summed E-state index contributed by atoms with van der Waals surface area (Å²) in [5.74, 6) is 0.202. The molecule has 7 nitrogen and oxygen atoms in total. The van der Waals surface area contributed by atoms with E-state index in [0.29, 0.717) is 11.4 Å². The third kappa shape index (κ3) is 3.55. The van der Waals surface area contributed by atoms with Gasteiger partial charge in [0.15, 0.2) is 5.65 Å². The molecule has 0 saturated carbocycles. The van der Waals surface area contributed by atoms with Crippen LogP contribution in [0.4, 0.5) is 5.82 Å². The van der Waals surface area contributed by atoms with Crippen LogP contribution in [0.15, 0.2) is 104 Å². The second kappa shape index (κ2) is 8.22. The van der Waals surface area contributed by atoms with Crippen molar-refractivity contribution in [2.45, 2.75) is 0 Å². The molecular formula is C27H18N6O. The second-order valence-corrected chi connectivity index (χ2v) is 7.76. The van der Waals surface area contributed by atoms with Crippen LogP contribution >= 0.6 is 0 Å². The molecule has 1 N–H and O–H groups in total. The predicted octanol–water partition coefficient (Wildman–Crippen LogP) is 5.26. The van der Waals surface area contributed by atoms with Crippen molar-refractivity contribution in [2.75, 3.05) is 5.32 Å². The molecule has 0 fully saturated rings. The molecule has 0 aliphatic carbocycles. The highest BCUT2D eigenvalue weighted by Crippen LogP contribution is 2.32. The van der Waals surface area contributed by atoms with Crippen molar-refractivity contribution in [3.63, 3.8) is 0 Å². The first-order chi connectivity index (χ1) is 16.8. The number of imidazole rings is 1. The predicted molar refractivity (Wildman–Crippen MR) is 131 cm³/mol. The molecule has 0 radical (unpaired) electrons. The van der Waals surface area contributed by atoms with Crippen molar-refractivity contribution in [1.82, 2.24) is 24.6 Å². The molecule has 0 unspecified atom stereocenters. The summed E-state index contributed by atoms with van der Waals surface area (Å²) in [6.45, 7) is 0. The van der Waals surface area contributed by atoms with Gasteiger partial charge >= 0.3 is 0 Å². The second-order valence-electron chi connectivity index (χ2n) is 7.76. The average Bonchev–Trinajstić information content (AvgIpc) is 3.29. The summed E-state index contributed by atoms with van der Waals surface area (Å²) in [5, 5.41) is 8.33. The Hall–Kier alpha value is -4.91. The van der Waals surface area contributed by atoms with Crippen LogP contribution in [0, 0.1) is 0 Å². The van der Waals surface area contributed by atoms with E-state index in [1.807, 2.05) is 78.9 Å². The smallest absolute Gasteiger partial charge is 0.256 e. The van der Waals surface area contributed by atoms with E-state index in [4.69, 9.17) is 4.98 Å². The van der Waals surface area contributed by atoms with Gasteiger partial charge in [0.25, 0.3) is 5.91 Å². The lowest BCUT2D eigenvalue weighted by Crippen LogP contribution is -2.13. The van der Waals surface area contributed by atoms with Crippen LogP contribution < -0.4 is 5.32 Å². The quantitative estimate of drug-likeness (QED) is 0.403. The van der Waals surface area contributed by atoms with E-state index < -0.39 is 0 Å². The first-order valence-electron chi connectivity index (χ1n) is 10.8. The molecule has 4 heterocycles. The summed E-state index contributed by atoms with van der Waals surface area (Å²) in [6, 6.07) is 26.7. The fourth-order valence-corrected chi connectivity index (χ4v) is 4.00. The number of hydrogen-bond donors (Lipinski definition) is 1. The summed E-state index contributed by atoms with van der Waals surface area (Å²) in [6.07, 6.45) is 5.13. The topological polar surface area (TPSA) is 85.1 Å². The Morgan fingerprint density at radius 1 is 0.765 bits per heavy atom. The van der Waals surface area contributed by atoms with Gasteiger partial charge in [-0.15, -0.1) is 0 Å². The minimum absolute atomic E-state index is 0.241. The number of carbonyl (C=O) groups excluding carboxylic acids is 1. The van der Waals surface area contributed by atoms with Crippen LogP contribution in [0.1, 0.15) is 10.4 Å². The van der Waals surface area contributed by atoms with E-state index in [1.54, 1.807) is 29.2 Å². The standard InChI is InChI=1S/C27H18N6O/c34-27(21-10-11-22-19(16-21)8-4-13-28-22)31-23-17-20(12-15-29-23)26-25(18-6-2-1-3-7-18)32-24-9-5-14-30-33(24)26/h1-17H,(H,29,31,34). The van der Waals surface area contributed by atoms with Gasteiger partial charge in [0.2, 0.25) is 0 Å². The maximum atomic E-state index is 13.0. The van der Waals surface area contributed by atoms with Crippen LogP contribution in [-0.2, 0) is 0 Å². The van der Waals surface area contributed by atoms with Gasteiger partial charge in [-0.05, 0) is 48.5 Å². The molecule has 0 spiro atoms. The molecule has 34 heavy (non-hydrogen) atoms. The van der Waals surface area contributed by atoms with Gasteiger partial charge in [0, 0.05) is 40.7 Å². The number of hydrogen-bond acceptors (Lipinski definition) is 5. The Bertz CT molecular complexity index is 1660. The number of anilines is 1. The normalized spacial score (nSPS) is 11.1. The Balaban J connectivity index is 1.39. The number of nitrogens with one attached hydrogen (secondary N) is 1. The molecule has 0 bridgehead atoms. The summed E-state index contributed by atoms with van der Waals surface area (Å²) < 4.78 is 1.81. The van der Waals surface area contributed by atoms with Gasteiger partial charge in [-0.3, -0.25) is 9.78 Å². The van der Waals surface area contributed by atoms with Crippen LogP contribution in [0.25, 0.3) is 39.1 Å². The molecule has 2 aromatic carbocycles. The molecule has 0 saturated heterocycles. The third-order valence-corrected chi connectivity index (χ3v) is 5.58. The largest absolute Gasteiger partial charge is 0.307 e. The molecule has 4 aromatic heterocycles. The molecule has 162 valence electrons. The number of rotatable bonds is 4. The number of carbonyl (C=O) groups is 1. The maximum absolute atomic E-state index is 13.0. The average molecular weight is 442 g/mol. The summed E-state index contributed by atoms with van der Waals surface area (Å²) >= 11 is 0. The Labute approximate surface area is 194 Å². The Kier molecular flexibility index (Phi) is 4.77. The summed E-state index contributed by atoms with van der Waals surface area (Å²) in [5.41, 5.74) is 5.58. The first kappa shape index (κ1) is 19.8. The summed E-state index contributed by atoms with van der Waals surface area (Å²) in [7, 11) is 0. The van der Waals surface area contributed by atoms with Crippen molar-refractivity contribution < 1.29 is 4.79 Å². The molecule has 0 atom stereocenters. The molecule has 6 aromatic rings. The van der Waals surface area contributed by atoms with Crippen molar-refractivity contribution >= 4 is 28.3 Å². The SMILES string of the molecule is O=C(Nc1cc(-c2c(-c3ccccc3)nc3cccnn23)ccn1)c1ccc2ncccc2c1. The van der Waals surface area contributed by atoms with E-state index in [9.17, 15) is 4.79 Å². The fraction of sp³-hybridized carbons (Fsp3) is 0.